The summed E-state index contributed by atoms with van der Waals surface area (Å²) in [6.45, 7) is 5.05. The van der Waals surface area contributed by atoms with Crippen LogP contribution >= 0.6 is 11.3 Å². The van der Waals surface area contributed by atoms with Crippen molar-refractivity contribution >= 4 is 45.1 Å². The lowest BCUT2D eigenvalue weighted by atomic mass is 10.2. The van der Waals surface area contributed by atoms with Crippen LogP contribution in [0.25, 0.3) is 12.2 Å². The van der Waals surface area contributed by atoms with Crippen LogP contribution in [-0.2, 0) is 19.6 Å². The van der Waals surface area contributed by atoms with E-state index >= 15 is 0 Å². The highest BCUT2D eigenvalue weighted by Crippen LogP contribution is 2.28. The number of nitrogens with one attached hydrogen (secondary N) is 1. The molecule has 0 bridgehead atoms. The SMILES string of the molecule is CCC(=O)Nc1c(C)noc1C=Cc1ccc(S(=O)(=O)N2CCOCC2)s1. The standard InChI is InChI=1S/C17H21N3O5S2/c1-3-15(21)18-17-12(2)19-25-14(17)6-4-13-5-7-16(26-13)27(22,23)20-8-10-24-11-9-20/h4-7H,3,8-11H2,1-2H3,(H,18,21). The molecular weight excluding hydrogens is 390 g/mol. The van der Waals surface area contributed by atoms with E-state index in [9.17, 15) is 13.2 Å². The molecule has 0 aliphatic carbocycles. The largest absolute Gasteiger partial charge is 0.379 e. The topological polar surface area (TPSA) is 102 Å². The Hall–Kier alpha value is -2.01. The van der Waals surface area contributed by atoms with Crippen LogP contribution in [0.5, 0.6) is 0 Å². The molecular formula is C17H21N3O5S2. The molecule has 1 aliphatic rings. The molecule has 0 aromatic carbocycles. The van der Waals surface area contributed by atoms with Crippen molar-refractivity contribution in [2.75, 3.05) is 31.6 Å². The summed E-state index contributed by atoms with van der Waals surface area (Å²) in [5, 5.41) is 6.63. The Balaban J connectivity index is 1.77. The number of morpholine rings is 1. The van der Waals surface area contributed by atoms with Gasteiger partial charge in [0.1, 0.15) is 15.6 Å². The number of ether oxygens (including phenoxy) is 1. The summed E-state index contributed by atoms with van der Waals surface area (Å²) in [7, 11) is -3.50. The monoisotopic (exact) mass is 411 g/mol. The van der Waals surface area contributed by atoms with E-state index in [0.717, 1.165) is 4.88 Å². The Morgan fingerprint density at radius 2 is 2.07 bits per heavy atom. The fourth-order valence-electron chi connectivity index (χ4n) is 2.52. The summed E-state index contributed by atoms with van der Waals surface area (Å²) in [5.41, 5.74) is 1.11. The van der Waals surface area contributed by atoms with E-state index in [1.54, 1.807) is 38.1 Å². The fourth-order valence-corrected chi connectivity index (χ4v) is 5.31. The van der Waals surface area contributed by atoms with Gasteiger partial charge in [-0.25, -0.2) is 8.42 Å². The maximum atomic E-state index is 12.7. The molecule has 0 saturated carbocycles. The van der Waals surface area contributed by atoms with Crippen LogP contribution in [0.1, 0.15) is 29.7 Å². The van der Waals surface area contributed by atoms with Gasteiger partial charge >= 0.3 is 0 Å². The van der Waals surface area contributed by atoms with Gasteiger partial charge in [-0.05, 0) is 31.2 Å². The molecule has 2 aromatic heterocycles. The summed E-state index contributed by atoms with van der Waals surface area (Å²) in [5.74, 6) is 0.284. The quantitative estimate of drug-likeness (QED) is 0.784. The van der Waals surface area contributed by atoms with Crippen LogP contribution in [0.15, 0.2) is 20.9 Å². The number of nitrogens with zero attached hydrogens (tertiary/aromatic N) is 2. The molecule has 8 nitrogen and oxygen atoms in total. The summed E-state index contributed by atoms with van der Waals surface area (Å²) < 4.78 is 37.5. The van der Waals surface area contributed by atoms with E-state index in [2.05, 4.69) is 10.5 Å². The molecule has 0 radical (unpaired) electrons. The van der Waals surface area contributed by atoms with Gasteiger partial charge in [-0.1, -0.05) is 12.1 Å². The van der Waals surface area contributed by atoms with Gasteiger partial charge < -0.3 is 14.6 Å². The van der Waals surface area contributed by atoms with Crippen LogP contribution < -0.4 is 5.32 Å². The zero-order chi connectivity index (χ0) is 19.4. The summed E-state index contributed by atoms with van der Waals surface area (Å²) in [6, 6.07) is 3.34. The number of thiophene rings is 1. The van der Waals surface area contributed by atoms with Crippen LogP contribution in [0, 0.1) is 6.92 Å². The number of hydrogen-bond donors (Lipinski definition) is 1. The first-order chi connectivity index (χ1) is 12.9. The van der Waals surface area contributed by atoms with Crippen molar-refractivity contribution in [2.45, 2.75) is 24.5 Å². The van der Waals surface area contributed by atoms with Gasteiger partial charge in [-0.2, -0.15) is 4.31 Å². The maximum Gasteiger partial charge on any atom is 0.252 e. The number of anilines is 1. The third kappa shape index (κ3) is 4.46. The molecule has 3 rings (SSSR count). The molecule has 2 aromatic rings. The number of sulfonamides is 1. The molecule has 27 heavy (non-hydrogen) atoms. The second-order valence-electron chi connectivity index (χ2n) is 5.92. The number of amides is 1. The van der Waals surface area contributed by atoms with Crippen LogP contribution in [0.2, 0.25) is 0 Å². The van der Waals surface area contributed by atoms with E-state index in [4.69, 9.17) is 9.26 Å². The number of aryl methyl sites for hydroxylation is 1. The molecule has 1 N–H and O–H groups in total. The third-order valence-electron chi connectivity index (χ3n) is 4.04. The average molecular weight is 412 g/mol. The Morgan fingerprint density at radius 3 is 2.78 bits per heavy atom. The predicted molar refractivity (Wildman–Crippen MR) is 103 cm³/mol. The predicted octanol–water partition coefficient (Wildman–Crippen LogP) is 2.58. The number of hydrogen-bond acceptors (Lipinski definition) is 7. The molecule has 0 atom stereocenters. The average Bonchev–Trinajstić information content (AvgIpc) is 3.29. The number of carbonyl (C=O) groups excluding carboxylic acids is 1. The van der Waals surface area contributed by atoms with Crippen molar-refractivity contribution in [2.24, 2.45) is 0 Å². The number of aromatic nitrogens is 1. The Bertz CT molecular complexity index is 940. The van der Waals surface area contributed by atoms with Gasteiger partial charge in [-0.3, -0.25) is 4.79 Å². The lowest BCUT2D eigenvalue weighted by Crippen LogP contribution is -2.40. The zero-order valence-electron chi connectivity index (χ0n) is 15.1. The summed E-state index contributed by atoms with van der Waals surface area (Å²) >= 11 is 1.18. The van der Waals surface area contributed by atoms with Crippen molar-refractivity contribution < 1.29 is 22.5 Å². The van der Waals surface area contributed by atoms with Gasteiger partial charge in [-0.15, -0.1) is 11.3 Å². The summed E-state index contributed by atoms with van der Waals surface area (Å²) in [6.07, 6.45) is 3.76. The normalized spacial score (nSPS) is 16.1. The van der Waals surface area contributed by atoms with Crippen LogP contribution in [0.3, 0.4) is 0 Å². The van der Waals surface area contributed by atoms with E-state index < -0.39 is 10.0 Å². The van der Waals surface area contributed by atoms with E-state index in [-0.39, 0.29) is 10.1 Å². The van der Waals surface area contributed by atoms with E-state index in [1.165, 1.54) is 15.6 Å². The Morgan fingerprint density at radius 1 is 1.33 bits per heavy atom. The smallest absolute Gasteiger partial charge is 0.252 e. The molecule has 1 saturated heterocycles. The van der Waals surface area contributed by atoms with Crippen molar-refractivity contribution in [1.82, 2.24) is 9.46 Å². The molecule has 3 heterocycles. The number of rotatable bonds is 6. The second kappa shape index (κ2) is 8.34. The first kappa shape index (κ1) is 19.7. The van der Waals surface area contributed by atoms with E-state index in [1.807, 2.05) is 0 Å². The van der Waals surface area contributed by atoms with Crippen LogP contribution in [-0.4, -0.2) is 50.1 Å². The summed E-state index contributed by atoms with van der Waals surface area (Å²) in [4.78, 5) is 12.4. The first-order valence-electron chi connectivity index (χ1n) is 8.53. The molecule has 1 aliphatic heterocycles. The highest BCUT2D eigenvalue weighted by molar-refractivity contribution is 7.91. The lowest BCUT2D eigenvalue weighted by molar-refractivity contribution is -0.115. The maximum absolute atomic E-state index is 12.7. The van der Waals surface area contributed by atoms with Gasteiger partial charge in [0.15, 0.2) is 5.76 Å². The van der Waals surface area contributed by atoms with E-state index in [0.29, 0.717) is 49.9 Å². The molecule has 10 heteroatoms. The minimum absolute atomic E-state index is 0.133. The van der Waals surface area contributed by atoms with Gasteiger partial charge in [0.25, 0.3) is 10.0 Å². The van der Waals surface area contributed by atoms with Crippen molar-refractivity contribution in [3.63, 3.8) is 0 Å². The Kier molecular flexibility index (Phi) is 6.10. The van der Waals surface area contributed by atoms with Gasteiger partial charge in [0.05, 0.1) is 13.2 Å². The second-order valence-corrected chi connectivity index (χ2v) is 9.20. The minimum Gasteiger partial charge on any atom is -0.379 e. The van der Waals surface area contributed by atoms with Crippen LogP contribution in [0.4, 0.5) is 5.69 Å². The van der Waals surface area contributed by atoms with Crippen molar-refractivity contribution in [3.05, 3.63) is 28.5 Å². The first-order valence-corrected chi connectivity index (χ1v) is 10.8. The third-order valence-corrected chi connectivity index (χ3v) is 7.46. The Labute approximate surface area is 161 Å². The molecule has 1 amide bonds. The number of carbonyl (C=O) groups is 1. The van der Waals surface area contributed by atoms with Gasteiger partial charge in [0, 0.05) is 24.4 Å². The van der Waals surface area contributed by atoms with Gasteiger partial charge in [0.2, 0.25) is 5.91 Å². The fraction of sp³-hybridized carbons (Fsp3) is 0.412. The van der Waals surface area contributed by atoms with Crippen molar-refractivity contribution in [1.29, 1.82) is 0 Å². The molecule has 0 spiro atoms. The highest BCUT2D eigenvalue weighted by atomic mass is 32.2. The minimum atomic E-state index is -3.50. The molecule has 0 unspecified atom stereocenters. The zero-order valence-corrected chi connectivity index (χ0v) is 16.7. The highest BCUT2D eigenvalue weighted by Gasteiger charge is 2.27. The molecule has 146 valence electrons. The lowest BCUT2D eigenvalue weighted by Gasteiger charge is -2.25. The molecule has 1 fully saturated rings. The van der Waals surface area contributed by atoms with Crippen molar-refractivity contribution in [3.8, 4) is 0 Å².